The smallest absolute Gasteiger partial charge is 0.336 e. The van der Waals surface area contributed by atoms with E-state index in [0.29, 0.717) is 23.1 Å². The highest BCUT2D eigenvalue weighted by atomic mass is 16.5. The molecule has 4 aromatic carbocycles. The molecule has 0 aliphatic rings. The van der Waals surface area contributed by atoms with Crippen LogP contribution < -0.4 is 4.74 Å². The van der Waals surface area contributed by atoms with Crippen LogP contribution in [0.3, 0.4) is 0 Å². The number of nitrogens with zero attached hydrogens (tertiary/aromatic N) is 1. The number of ether oxygens (including phenoxy) is 1. The molecule has 0 fully saturated rings. The number of amides is 1. The van der Waals surface area contributed by atoms with Crippen molar-refractivity contribution in [1.82, 2.24) is 4.90 Å². The molecule has 0 spiro atoms. The van der Waals surface area contributed by atoms with Crippen molar-refractivity contribution in [2.24, 2.45) is 0 Å². The van der Waals surface area contributed by atoms with Gasteiger partial charge in [0.2, 0.25) is 0 Å². The number of para-hydroxylation sites is 1. The van der Waals surface area contributed by atoms with Crippen molar-refractivity contribution in [1.29, 1.82) is 0 Å². The van der Waals surface area contributed by atoms with Crippen molar-refractivity contribution >= 4 is 23.8 Å². The number of carboxylic acid groups (broad SMARTS) is 3. The molecule has 0 aromatic heterocycles. The van der Waals surface area contributed by atoms with Crippen LogP contribution in [0.4, 0.5) is 0 Å². The highest BCUT2D eigenvalue weighted by molar-refractivity contribution is 6.10. The molecular formula is C30H23NO8. The maximum Gasteiger partial charge on any atom is 0.336 e. The lowest BCUT2D eigenvalue weighted by Gasteiger charge is -2.24. The Hall–Kier alpha value is -5.44. The molecule has 0 unspecified atom stereocenters. The summed E-state index contributed by atoms with van der Waals surface area (Å²) in [4.78, 5) is 50.5. The summed E-state index contributed by atoms with van der Waals surface area (Å²) in [5, 5.41) is 28.7. The number of benzene rings is 4. The van der Waals surface area contributed by atoms with Crippen LogP contribution in [-0.4, -0.2) is 44.0 Å². The largest absolute Gasteiger partial charge is 0.478 e. The zero-order chi connectivity index (χ0) is 27.9. The summed E-state index contributed by atoms with van der Waals surface area (Å²) in [6.45, 7) is 0.105. The van der Waals surface area contributed by atoms with Gasteiger partial charge in [-0.3, -0.25) is 4.79 Å². The second-order valence-corrected chi connectivity index (χ2v) is 8.57. The van der Waals surface area contributed by atoms with E-state index < -0.39 is 46.1 Å². The van der Waals surface area contributed by atoms with Crippen LogP contribution in [0.25, 0.3) is 0 Å². The van der Waals surface area contributed by atoms with Crippen LogP contribution in [0.15, 0.2) is 97.1 Å². The van der Waals surface area contributed by atoms with Crippen LogP contribution in [0, 0.1) is 0 Å². The van der Waals surface area contributed by atoms with Gasteiger partial charge in [-0.05, 0) is 47.5 Å². The Kier molecular flexibility index (Phi) is 8.01. The molecule has 0 bridgehead atoms. The molecule has 4 rings (SSSR count). The van der Waals surface area contributed by atoms with Crippen LogP contribution in [0.2, 0.25) is 0 Å². The lowest BCUT2D eigenvalue weighted by Crippen LogP contribution is -2.32. The van der Waals surface area contributed by atoms with Gasteiger partial charge in [0.15, 0.2) is 0 Å². The Morgan fingerprint density at radius 1 is 0.538 bits per heavy atom. The molecular weight excluding hydrogens is 502 g/mol. The number of hydrogen-bond donors (Lipinski definition) is 3. The predicted octanol–water partition coefficient (Wildman–Crippen LogP) is 5.42. The van der Waals surface area contributed by atoms with Gasteiger partial charge >= 0.3 is 17.9 Å². The topological polar surface area (TPSA) is 141 Å². The van der Waals surface area contributed by atoms with Crippen LogP contribution >= 0.6 is 0 Å². The van der Waals surface area contributed by atoms with Gasteiger partial charge in [0.1, 0.15) is 11.5 Å². The third kappa shape index (κ3) is 6.47. The van der Waals surface area contributed by atoms with Crippen LogP contribution in [0.5, 0.6) is 11.5 Å². The lowest BCUT2D eigenvalue weighted by atomic mass is 9.96. The van der Waals surface area contributed by atoms with E-state index in [1.54, 1.807) is 60.7 Å². The number of hydrogen-bond acceptors (Lipinski definition) is 5. The number of rotatable bonds is 10. The number of carboxylic acids is 3. The van der Waals surface area contributed by atoms with Gasteiger partial charge in [-0.1, -0.05) is 60.7 Å². The molecule has 39 heavy (non-hydrogen) atoms. The van der Waals surface area contributed by atoms with E-state index >= 15 is 0 Å². The van der Waals surface area contributed by atoms with Crippen LogP contribution in [0.1, 0.15) is 52.6 Å². The van der Waals surface area contributed by atoms with E-state index in [-0.39, 0.29) is 13.1 Å². The maximum atomic E-state index is 13.8. The zero-order valence-corrected chi connectivity index (χ0v) is 20.5. The summed E-state index contributed by atoms with van der Waals surface area (Å²) in [5.74, 6) is -4.40. The molecule has 0 saturated heterocycles. The molecule has 0 radical (unpaired) electrons. The van der Waals surface area contributed by atoms with Gasteiger partial charge < -0.3 is 25.0 Å². The number of aromatic carboxylic acids is 3. The SMILES string of the molecule is O=C(O)c1cc(C(=O)O)c(C(=O)N(Cc2ccccc2)Cc2cccc(Oc3ccccc3)c2)cc1C(=O)O. The minimum absolute atomic E-state index is 0.0296. The molecule has 4 aromatic rings. The second kappa shape index (κ2) is 11.7. The van der Waals surface area contributed by atoms with Crippen molar-refractivity contribution in [3.63, 3.8) is 0 Å². The number of carbonyl (C=O) groups excluding carboxylic acids is 1. The zero-order valence-electron chi connectivity index (χ0n) is 20.5. The van der Waals surface area contributed by atoms with E-state index in [4.69, 9.17) is 4.74 Å². The molecule has 9 heteroatoms. The van der Waals surface area contributed by atoms with E-state index in [9.17, 15) is 34.5 Å². The van der Waals surface area contributed by atoms with Gasteiger partial charge in [-0.2, -0.15) is 0 Å². The van der Waals surface area contributed by atoms with Crippen molar-refractivity contribution in [3.8, 4) is 11.5 Å². The molecule has 1 amide bonds. The summed E-state index contributed by atoms with van der Waals surface area (Å²) < 4.78 is 5.89. The molecule has 0 aliphatic heterocycles. The number of carbonyl (C=O) groups is 4. The van der Waals surface area contributed by atoms with Crippen molar-refractivity contribution in [2.75, 3.05) is 0 Å². The van der Waals surface area contributed by atoms with Gasteiger partial charge in [0.25, 0.3) is 5.91 Å². The van der Waals surface area contributed by atoms with Gasteiger partial charge in [-0.25, -0.2) is 14.4 Å². The monoisotopic (exact) mass is 525 g/mol. The molecule has 3 N–H and O–H groups in total. The highest BCUT2D eigenvalue weighted by Gasteiger charge is 2.28. The quantitative estimate of drug-likeness (QED) is 0.249. The first-order valence-corrected chi connectivity index (χ1v) is 11.8. The summed E-state index contributed by atoms with van der Waals surface area (Å²) in [6, 6.07) is 26.7. The molecule has 0 atom stereocenters. The minimum atomic E-state index is -1.62. The summed E-state index contributed by atoms with van der Waals surface area (Å²) in [7, 11) is 0. The lowest BCUT2D eigenvalue weighted by molar-refractivity contribution is 0.0643. The van der Waals surface area contributed by atoms with E-state index in [1.165, 1.54) is 4.90 Å². The van der Waals surface area contributed by atoms with Gasteiger partial charge in [-0.15, -0.1) is 0 Å². The maximum absolute atomic E-state index is 13.8. The van der Waals surface area contributed by atoms with Crippen molar-refractivity contribution in [2.45, 2.75) is 13.1 Å². The van der Waals surface area contributed by atoms with Crippen molar-refractivity contribution in [3.05, 3.63) is 130 Å². The average Bonchev–Trinajstić information content (AvgIpc) is 2.92. The predicted molar refractivity (Wildman–Crippen MR) is 140 cm³/mol. The second-order valence-electron chi connectivity index (χ2n) is 8.57. The third-order valence-electron chi connectivity index (χ3n) is 5.83. The summed E-state index contributed by atoms with van der Waals surface area (Å²) in [5.41, 5.74) is -1.03. The first kappa shape index (κ1) is 26.6. The Morgan fingerprint density at radius 2 is 1.00 bits per heavy atom. The average molecular weight is 526 g/mol. The van der Waals surface area contributed by atoms with Crippen molar-refractivity contribution < 1.29 is 39.2 Å². The first-order chi connectivity index (χ1) is 18.7. The normalized spacial score (nSPS) is 10.5. The molecule has 0 saturated carbocycles. The summed E-state index contributed by atoms with van der Waals surface area (Å²) >= 11 is 0. The molecule has 0 heterocycles. The van der Waals surface area contributed by atoms with E-state index in [2.05, 4.69) is 0 Å². The third-order valence-corrected chi connectivity index (χ3v) is 5.83. The fourth-order valence-corrected chi connectivity index (χ4v) is 4.03. The van der Waals surface area contributed by atoms with E-state index in [1.807, 2.05) is 24.3 Å². The highest BCUT2D eigenvalue weighted by Crippen LogP contribution is 2.25. The van der Waals surface area contributed by atoms with E-state index in [0.717, 1.165) is 11.6 Å². The molecule has 9 nitrogen and oxygen atoms in total. The Balaban J connectivity index is 1.74. The minimum Gasteiger partial charge on any atom is -0.478 e. The Bertz CT molecular complexity index is 1530. The van der Waals surface area contributed by atoms with Crippen LogP contribution in [-0.2, 0) is 13.1 Å². The van der Waals surface area contributed by atoms with Gasteiger partial charge in [0, 0.05) is 13.1 Å². The Morgan fingerprint density at radius 3 is 1.59 bits per heavy atom. The summed E-state index contributed by atoms with van der Waals surface area (Å²) in [6.07, 6.45) is 0. The Labute approximate surface area is 223 Å². The standard InChI is InChI=1S/C30H23NO8/c32-27(23-15-25(29(35)36)26(30(37)38)16-24(23)28(33)34)31(17-19-8-3-1-4-9-19)18-20-10-7-13-22(14-20)39-21-11-5-2-6-12-21/h1-16H,17-18H2,(H,33,34)(H,35,36)(H,37,38). The molecule has 196 valence electrons. The molecule has 0 aliphatic carbocycles. The van der Waals surface area contributed by atoms with Gasteiger partial charge in [0.05, 0.1) is 22.3 Å². The fraction of sp³-hybridized carbons (Fsp3) is 0.0667. The first-order valence-electron chi connectivity index (χ1n) is 11.8. The fourth-order valence-electron chi connectivity index (χ4n) is 4.03.